The van der Waals surface area contributed by atoms with E-state index >= 15 is 0 Å². The van der Waals surface area contributed by atoms with Gasteiger partial charge in [0.15, 0.2) is 24.7 Å². The summed E-state index contributed by atoms with van der Waals surface area (Å²) in [6.45, 7) is 0.239. The van der Waals surface area contributed by atoms with Crippen molar-refractivity contribution in [2.45, 2.75) is 18.0 Å². The molecule has 0 spiro atoms. The number of β-lactam (4-membered cyclic amide) rings is 1. The Morgan fingerprint density at radius 3 is 2.97 bits per heavy atom. The van der Waals surface area contributed by atoms with Crippen LogP contribution in [0.5, 0.6) is 0 Å². The number of nitrogens with two attached hydrogens (primary N) is 1. The minimum Gasteiger partial charge on any atom is -0.543 e. The van der Waals surface area contributed by atoms with Crippen molar-refractivity contribution in [2.24, 2.45) is 5.16 Å². The lowest BCUT2D eigenvalue weighted by atomic mass is 10.0. The van der Waals surface area contributed by atoms with Crippen molar-refractivity contribution in [3.05, 3.63) is 54.0 Å². The van der Waals surface area contributed by atoms with Crippen LogP contribution in [0.4, 0.5) is 6.01 Å². The highest BCUT2D eigenvalue weighted by molar-refractivity contribution is 8.00. The Bertz CT molecular complexity index is 1410. The number of nitrogen functional groups attached to an aromatic ring is 1. The molecule has 2 aliphatic heterocycles. The van der Waals surface area contributed by atoms with E-state index in [9.17, 15) is 19.5 Å². The number of oxime groups is 1. The molecular weight excluding hydrogens is 480 g/mol. The molecule has 14 heteroatoms. The summed E-state index contributed by atoms with van der Waals surface area (Å²) in [5.41, 5.74) is 6.24. The molecule has 0 aromatic carbocycles. The number of nitrogens with one attached hydrogen (secondary N) is 1. The number of hydrogen-bond donors (Lipinski definition) is 2. The first-order valence-corrected chi connectivity index (χ1v) is 11.3. The van der Waals surface area contributed by atoms with Gasteiger partial charge in [-0.3, -0.25) is 14.5 Å². The number of anilines is 1. The summed E-state index contributed by atoms with van der Waals surface area (Å²) in [4.78, 5) is 47.4. The Balaban J connectivity index is 1.36. The lowest BCUT2D eigenvalue weighted by Gasteiger charge is -2.50. The molecule has 1 saturated heterocycles. The zero-order valence-corrected chi connectivity index (χ0v) is 19.0. The lowest BCUT2D eigenvalue weighted by Crippen LogP contribution is -2.71. The van der Waals surface area contributed by atoms with E-state index in [0.29, 0.717) is 16.9 Å². The first-order valence-electron chi connectivity index (χ1n) is 10.2. The Labute approximate surface area is 201 Å². The second kappa shape index (κ2) is 8.79. The van der Waals surface area contributed by atoms with Gasteiger partial charge in [-0.15, -0.1) is 11.8 Å². The van der Waals surface area contributed by atoms with Gasteiger partial charge in [-0.2, -0.15) is 4.98 Å². The predicted molar refractivity (Wildman–Crippen MR) is 118 cm³/mol. The van der Waals surface area contributed by atoms with Gasteiger partial charge in [0.05, 0.1) is 23.3 Å². The fourth-order valence-electron chi connectivity index (χ4n) is 3.97. The Morgan fingerprint density at radius 1 is 1.43 bits per heavy atom. The van der Waals surface area contributed by atoms with Gasteiger partial charge < -0.3 is 34.6 Å². The van der Waals surface area contributed by atoms with Crippen molar-refractivity contribution in [3.63, 3.8) is 0 Å². The van der Waals surface area contributed by atoms with E-state index in [-0.39, 0.29) is 29.7 Å². The van der Waals surface area contributed by atoms with Crippen molar-refractivity contribution in [3.8, 4) is 0 Å². The first-order chi connectivity index (χ1) is 16.9. The number of pyridine rings is 1. The minimum atomic E-state index is -1.46. The van der Waals surface area contributed by atoms with Gasteiger partial charge in [0.2, 0.25) is 0 Å². The molecule has 1 unspecified atom stereocenters. The fourth-order valence-corrected chi connectivity index (χ4v) is 5.31. The minimum absolute atomic E-state index is 0.0194. The average Bonchev–Trinajstić information content (AvgIpc) is 3.48. The zero-order valence-electron chi connectivity index (χ0n) is 18.2. The normalized spacial score (nSPS) is 20.0. The summed E-state index contributed by atoms with van der Waals surface area (Å²) in [5, 5.41) is 18.5. The number of fused-ring (bicyclic) bond motifs is 2. The van der Waals surface area contributed by atoms with Crippen LogP contribution in [-0.2, 0) is 25.8 Å². The number of thioether (sulfide) groups is 1. The third-order valence-electron chi connectivity index (χ3n) is 5.51. The van der Waals surface area contributed by atoms with Crippen LogP contribution in [0.1, 0.15) is 5.69 Å². The molecule has 0 saturated carbocycles. The third-order valence-corrected chi connectivity index (χ3v) is 6.85. The van der Waals surface area contributed by atoms with Crippen LogP contribution in [0.15, 0.2) is 62.3 Å². The number of rotatable bonds is 7. The number of amides is 2. The van der Waals surface area contributed by atoms with Crippen LogP contribution >= 0.6 is 11.8 Å². The monoisotopic (exact) mass is 498 g/mol. The highest BCUT2D eigenvalue weighted by Gasteiger charge is 2.53. The molecule has 3 aromatic rings. The quantitative estimate of drug-likeness (QED) is 0.173. The number of carbonyl (C=O) groups is 3. The molecule has 2 atom stereocenters. The van der Waals surface area contributed by atoms with Gasteiger partial charge in [0, 0.05) is 17.4 Å². The maximum atomic E-state index is 12.9. The summed E-state index contributed by atoms with van der Waals surface area (Å²) in [6.07, 6.45) is 6.27. The summed E-state index contributed by atoms with van der Waals surface area (Å²) in [7, 11) is 1.24. The maximum absolute atomic E-state index is 12.9. The Hall–Kier alpha value is -4.33. The summed E-state index contributed by atoms with van der Waals surface area (Å²) < 4.78 is 12.0. The van der Waals surface area contributed by atoms with E-state index in [2.05, 4.69) is 15.5 Å². The molecule has 2 aliphatic rings. The van der Waals surface area contributed by atoms with E-state index in [1.807, 2.05) is 6.20 Å². The van der Waals surface area contributed by atoms with Gasteiger partial charge >= 0.3 is 0 Å². The van der Waals surface area contributed by atoms with Gasteiger partial charge in [-0.1, -0.05) is 5.16 Å². The number of carboxylic acid groups (broad SMARTS) is 1. The third kappa shape index (κ3) is 3.97. The standard InChI is InChI=1S/C21H18N6O7S/c1-32-25-14(12-8-34-21(22)23-12)17(28)24-15-18(29)27-16(20(30)31)11(9-35-19(15)27)7-26-4-2-13-10(6-26)3-5-33-13/h2-6,8,15,19H,7,9H2,1H3,(H3-,22,23,24,28,30,31)/t15?,19-/m1/s1. The summed E-state index contributed by atoms with van der Waals surface area (Å²) in [6, 6.07) is 2.41. The molecule has 3 N–H and O–H groups in total. The average molecular weight is 498 g/mol. The summed E-state index contributed by atoms with van der Waals surface area (Å²) in [5.74, 6) is -2.49. The number of carboxylic acids is 1. The Kier molecular flexibility index (Phi) is 5.64. The van der Waals surface area contributed by atoms with E-state index in [1.54, 1.807) is 29.2 Å². The molecular formula is C21H18N6O7S. The van der Waals surface area contributed by atoms with Crippen molar-refractivity contribution in [2.75, 3.05) is 18.6 Å². The number of hydrogen-bond acceptors (Lipinski definition) is 11. The second-order valence-corrected chi connectivity index (χ2v) is 8.76. The molecule has 180 valence electrons. The fraction of sp³-hybridized carbons (Fsp3) is 0.238. The molecule has 0 aliphatic carbocycles. The highest BCUT2D eigenvalue weighted by atomic mass is 32.2. The van der Waals surface area contributed by atoms with Crippen LogP contribution in [0.3, 0.4) is 0 Å². The van der Waals surface area contributed by atoms with Gasteiger partial charge in [-0.25, -0.2) is 4.57 Å². The Morgan fingerprint density at radius 2 is 2.26 bits per heavy atom. The van der Waals surface area contributed by atoms with E-state index in [4.69, 9.17) is 19.4 Å². The van der Waals surface area contributed by atoms with Crippen molar-refractivity contribution < 1.29 is 37.7 Å². The summed E-state index contributed by atoms with van der Waals surface area (Å²) >= 11 is 1.33. The zero-order chi connectivity index (χ0) is 24.7. The highest BCUT2D eigenvalue weighted by Crippen LogP contribution is 2.40. The van der Waals surface area contributed by atoms with Crippen LogP contribution in [0, 0.1) is 0 Å². The topological polar surface area (TPSA) is 180 Å². The smallest absolute Gasteiger partial charge is 0.292 e. The number of carbonyl (C=O) groups excluding carboxylic acids is 3. The molecule has 13 nitrogen and oxygen atoms in total. The molecule has 0 radical (unpaired) electrons. The van der Waals surface area contributed by atoms with Gasteiger partial charge in [0.25, 0.3) is 17.8 Å². The molecule has 2 amide bonds. The largest absolute Gasteiger partial charge is 0.543 e. The van der Waals surface area contributed by atoms with Gasteiger partial charge in [-0.05, 0) is 6.07 Å². The molecule has 35 heavy (non-hydrogen) atoms. The first kappa shape index (κ1) is 22.5. The predicted octanol–water partition coefficient (Wildman–Crippen LogP) is -1.25. The van der Waals surface area contributed by atoms with E-state index < -0.39 is 29.2 Å². The van der Waals surface area contributed by atoms with E-state index in [0.717, 1.165) is 16.5 Å². The van der Waals surface area contributed by atoms with Crippen molar-refractivity contribution in [1.82, 2.24) is 15.2 Å². The van der Waals surface area contributed by atoms with Crippen molar-refractivity contribution in [1.29, 1.82) is 0 Å². The molecule has 3 aromatic heterocycles. The maximum Gasteiger partial charge on any atom is 0.292 e. The molecule has 1 fully saturated rings. The second-order valence-electron chi connectivity index (χ2n) is 7.65. The number of oxazole rings is 1. The lowest BCUT2D eigenvalue weighted by molar-refractivity contribution is -0.687. The van der Waals surface area contributed by atoms with Crippen LogP contribution in [0.2, 0.25) is 0 Å². The van der Waals surface area contributed by atoms with Crippen molar-refractivity contribution >= 4 is 52.2 Å². The SMILES string of the molecule is CON=C(C(=O)NC1C(=O)N2C(C(=O)[O-])=C(C[n+]3ccc4occc4c3)CS[C@H]12)c1coc(N)n1. The van der Waals surface area contributed by atoms with Crippen LogP contribution < -0.4 is 20.7 Å². The van der Waals surface area contributed by atoms with E-state index in [1.165, 1.54) is 18.9 Å². The van der Waals surface area contributed by atoms with Gasteiger partial charge in [0.1, 0.15) is 36.1 Å². The number of aliphatic carboxylic acids is 1. The number of furan rings is 1. The molecule has 5 rings (SSSR count). The molecule has 5 heterocycles. The van der Waals surface area contributed by atoms with Crippen LogP contribution in [0.25, 0.3) is 11.0 Å². The molecule has 0 bridgehead atoms. The number of nitrogens with zero attached hydrogens (tertiary/aromatic N) is 4. The number of aromatic nitrogens is 2. The van der Waals surface area contributed by atoms with Crippen LogP contribution in [-0.4, -0.2) is 57.7 Å².